The lowest BCUT2D eigenvalue weighted by molar-refractivity contribution is 0.472. The molecule has 1 N–H and O–H groups in total. The molecule has 1 aromatic carbocycles. The Kier molecular flexibility index (Phi) is 2.48. The van der Waals surface area contributed by atoms with Gasteiger partial charge in [-0.15, -0.1) is 0 Å². The maximum Gasteiger partial charge on any atom is 0.164 e. The Morgan fingerprint density at radius 1 is 1.17 bits per heavy atom. The van der Waals surface area contributed by atoms with Gasteiger partial charge >= 0.3 is 0 Å². The van der Waals surface area contributed by atoms with E-state index < -0.39 is 0 Å². The van der Waals surface area contributed by atoms with Crippen molar-refractivity contribution in [2.24, 2.45) is 0 Å². The minimum absolute atomic E-state index is 0.233. The Morgan fingerprint density at radius 3 is 2.78 bits per heavy atom. The molecule has 0 saturated heterocycles. The monoisotopic (exact) mass is 239 g/mol. The molecule has 0 bridgehead atoms. The van der Waals surface area contributed by atoms with Crippen LogP contribution in [0.15, 0.2) is 42.6 Å². The van der Waals surface area contributed by atoms with Gasteiger partial charge in [-0.3, -0.25) is 4.57 Å². The fraction of sp³-hybridized carbons (Fsp3) is 0.143. The summed E-state index contributed by atoms with van der Waals surface area (Å²) in [6.07, 6.45) is 2.52. The van der Waals surface area contributed by atoms with Gasteiger partial charge in [0.2, 0.25) is 0 Å². The number of nitrogens with zero attached hydrogens (tertiary/aromatic N) is 3. The second-order valence-corrected chi connectivity index (χ2v) is 4.05. The van der Waals surface area contributed by atoms with Crippen molar-refractivity contribution in [2.45, 2.75) is 13.3 Å². The van der Waals surface area contributed by atoms with E-state index in [2.05, 4.69) is 9.97 Å². The quantitative estimate of drug-likeness (QED) is 0.748. The second-order valence-electron chi connectivity index (χ2n) is 4.05. The third kappa shape index (κ3) is 1.54. The molecule has 0 aliphatic carbocycles. The summed E-state index contributed by atoms with van der Waals surface area (Å²) in [4.78, 5) is 8.89. The first-order valence-electron chi connectivity index (χ1n) is 5.92. The van der Waals surface area contributed by atoms with Gasteiger partial charge in [0.15, 0.2) is 5.65 Å². The van der Waals surface area contributed by atoms with Crippen LogP contribution in [-0.2, 0) is 6.42 Å². The average Bonchev–Trinajstić information content (AvgIpc) is 2.78. The van der Waals surface area contributed by atoms with E-state index in [1.165, 1.54) is 0 Å². The normalized spacial score (nSPS) is 10.9. The first-order valence-corrected chi connectivity index (χ1v) is 5.92. The number of phenols is 1. The van der Waals surface area contributed by atoms with Crippen LogP contribution in [0.25, 0.3) is 16.9 Å². The maximum absolute atomic E-state index is 9.99. The van der Waals surface area contributed by atoms with Crippen LogP contribution in [0.3, 0.4) is 0 Å². The molecule has 0 saturated carbocycles. The average molecular weight is 239 g/mol. The lowest BCUT2D eigenvalue weighted by Gasteiger charge is -2.08. The van der Waals surface area contributed by atoms with Gasteiger partial charge in [-0.25, -0.2) is 9.97 Å². The number of imidazole rings is 1. The number of aromatic hydroxyl groups is 1. The number of benzene rings is 1. The Balaban J connectivity index is 2.37. The van der Waals surface area contributed by atoms with Crippen LogP contribution < -0.4 is 0 Å². The summed E-state index contributed by atoms with van der Waals surface area (Å²) in [6.45, 7) is 2.04. The third-order valence-electron chi connectivity index (χ3n) is 2.92. The topological polar surface area (TPSA) is 50.9 Å². The molecule has 0 amide bonds. The largest absolute Gasteiger partial charge is 0.506 e. The first-order chi connectivity index (χ1) is 8.81. The number of aromatic nitrogens is 3. The molecule has 18 heavy (non-hydrogen) atoms. The predicted octanol–water partition coefficient (Wildman–Crippen LogP) is 2.69. The zero-order valence-corrected chi connectivity index (χ0v) is 10.0. The van der Waals surface area contributed by atoms with Crippen molar-refractivity contribution >= 4 is 11.2 Å². The Morgan fingerprint density at radius 2 is 2.00 bits per heavy atom. The van der Waals surface area contributed by atoms with Crippen molar-refractivity contribution in [3.8, 4) is 11.4 Å². The van der Waals surface area contributed by atoms with Crippen LogP contribution in [-0.4, -0.2) is 19.6 Å². The van der Waals surface area contributed by atoms with Gasteiger partial charge in [0.1, 0.15) is 17.1 Å². The highest BCUT2D eigenvalue weighted by Gasteiger charge is 2.13. The van der Waals surface area contributed by atoms with Crippen LogP contribution in [0.4, 0.5) is 0 Å². The molecule has 0 aliphatic rings. The van der Waals surface area contributed by atoms with Gasteiger partial charge in [0.25, 0.3) is 0 Å². The zero-order valence-electron chi connectivity index (χ0n) is 10.0. The van der Waals surface area contributed by atoms with Gasteiger partial charge in [0, 0.05) is 12.6 Å². The summed E-state index contributed by atoms with van der Waals surface area (Å²) in [6, 6.07) is 11.0. The Labute approximate surface area is 105 Å². The van der Waals surface area contributed by atoms with E-state index in [4.69, 9.17) is 0 Å². The smallest absolute Gasteiger partial charge is 0.164 e. The Hall–Kier alpha value is -2.36. The van der Waals surface area contributed by atoms with E-state index in [1.807, 2.05) is 35.8 Å². The van der Waals surface area contributed by atoms with E-state index in [0.29, 0.717) is 0 Å². The van der Waals surface area contributed by atoms with E-state index in [9.17, 15) is 5.11 Å². The van der Waals surface area contributed by atoms with Crippen LogP contribution in [0.5, 0.6) is 5.75 Å². The van der Waals surface area contributed by atoms with E-state index in [0.717, 1.165) is 29.1 Å². The van der Waals surface area contributed by atoms with Crippen molar-refractivity contribution in [3.05, 3.63) is 48.4 Å². The van der Waals surface area contributed by atoms with Gasteiger partial charge < -0.3 is 5.11 Å². The van der Waals surface area contributed by atoms with E-state index in [-0.39, 0.29) is 5.75 Å². The summed E-state index contributed by atoms with van der Waals surface area (Å²) in [7, 11) is 0. The lowest BCUT2D eigenvalue weighted by Crippen LogP contribution is -2.01. The molecule has 2 aromatic heterocycles. The maximum atomic E-state index is 9.99. The summed E-state index contributed by atoms with van der Waals surface area (Å²) in [5.41, 5.74) is 2.34. The van der Waals surface area contributed by atoms with Gasteiger partial charge in [-0.05, 0) is 24.3 Å². The molecule has 0 radical (unpaired) electrons. The summed E-state index contributed by atoms with van der Waals surface area (Å²) in [5, 5.41) is 9.99. The first kappa shape index (κ1) is 10.8. The van der Waals surface area contributed by atoms with Crippen molar-refractivity contribution in [1.82, 2.24) is 14.5 Å². The molecular formula is C14H13N3O. The molecule has 4 nitrogen and oxygen atoms in total. The summed E-state index contributed by atoms with van der Waals surface area (Å²) >= 11 is 0. The zero-order chi connectivity index (χ0) is 12.5. The van der Waals surface area contributed by atoms with Crippen LogP contribution >= 0.6 is 0 Å². The molecule has 0 fully saturated rings. The number of phenolic OH excluding ortho intramolecular Hbond substituents is 1. The molecule has 0 spiro atoms. The minimum Gasteiger partial charge on any atom is -0.506 e. The highest BCUT2D eigenvalue weighted by molar-refractivity contribution is 5.74. The van der Waals surface area contributed by atoms with Crippen LogP contribution in [0.1, 0.15) is 12.7 Å². The second kappa shape index (κ2) is 4.14. The highest BCUT2D eigenvalue weighted by Crippen LogP contribution is 2.26. The molecular weight excluding hydrogens is 226 g/mol. The highest BCUT2D eigenvalue weighted by atomic mass is 16.3. The number of fused-ring (bicyclic) bond motifs is 1. The molecule has 4 heteroatoms. The molecule has 0 aliphatic heterocycles. The van der Waals surface area contributed by atoms with E-state index >= 15 is 0 Å². The fourth-order valence-corrected chi connectivity index (χ4v) is 2.10. The fourth-order valence-electron chi connectivity index (χ4n) is 2.10. The predicted molar refractivity (Wildman–Crippen MR) is 69.9 cm³/mol. The van der Waals surface area contributed by atoms with Gasteiger partial charge in [-0.1, -0.05) is 19.1 Å². The molecule has 3 aromatic rings. The van der Waals surface area contributed by atoms with Crippen LogP contribution in [0.2, 0.25) is 0 Å². The van der Waals surface area contributed by atoms with Gasteiger partial charge in [-0.2, -0.15) is 0 Å². The summed E-state index contributed by atoms with van der Waals surface area (Å²) < 4.78 is 1.91. The standard InChI is InChI=1S/C14H13N3O/c1-2-13-16-10-6-5-9-15-14(10)17(13)11-7-3-4-8-12(11)18/h3-9,18H,2H2,1H3. The van der Waals surface area contributed by atoms with Crippen molar-refractivity contribution in [1.29, 1.82) is 0 Å². The van der Waals surface area contributed by atoms with Crippen LogP contribution in [0, 0.1) is 0 Å². The molecule has 0 atom stereocenters. The molecule has 90 valence electrons. The number of hydrogen-bond donors (Lipinski definition) is 1. The Bertz CT molecular complexity index is 703. The number of pyridine rings is 1. The molecule has 2 heterocycles. The molecule has 3 rings (SSSR count). The number of aryl methyl sites for hydroxylation is 1. The number of para-hydroxylation sites is 2. The van der Waals surface area contributed by atoms with Gasteiger partial charge in [0.05, 0.1) is 5.69 Å². The van der Waals surface area contributed by atoms with E-state index in [1.54, 1.807) is 18.3 Å². The third-order valence-corrected chi connectivity index (χ3v) is 2.92. The minimum atomic E-state index is 0.233. The van der Waals surface area contributed by atoms with Crippen molar-refractivity contribution < 1.29 is 5.11 Å². The van der Waals surface area contributed by atoms with Crippen molar-refractivity contribution in [3.63, 3.8) is 0 Å². The lowest BCUT2D eigenvalue weighted by atomic mass is 10.3. The van der Waals surface area contributed by atoms with Crippen molar-refractivity contribution in [2.75, 3.05) is 0 Å². The number of rotatable bonds is 2. The number of hydrogen-bond acceptors (Lipinski definition) is 3. The summed E-state index contributed by atoms with van der Waals surface area (Å²) in [5.74, 6) is 1.13. The SMILES string of the molecule is CCc1nc2cccnc2n1-c1ccccc1O. The molecule has 0 unspecified atom stereocenters.